The first-order chi connectivity index (χ1) is 9.58. The van der Waals surface area contributed by atoms with Crippen LogP contribution in [-0.2, 0) is 19.9 Å². The lowest BCUT2D eigenvalue weighted by Crippen LogP contribution is -2.31. The maximum absolute atomic E-state index is 13.8. The number of hydrazine groups is 1. The number of hydrogen-bond acceptors (Lipinski definition) is 4. The Labute approximate surface area is 125 Å². The molecule has 0 aliphatic carbocycles. The number of nitrogens with two attached hydrogens (primary N) is 1. The van der Waals surface area contributed by atoms with Crippen LogP contribution in [0.15, 0.2) is 22.8 Å². The van der Waals surface area contributed by atoms with Crippen LogP contribution in [0.3, 0.4) is 0 Å². The maximum atomic E-state index is 13.8. The zero-order valence-corrected chi connectivity index (χ0v) is 13.0. The molecular weight excluding hydrogens is 325 g/mol. The molecule has 0 fully saturated rings. The van der Waals surface area contributed by atoms with E-state index in [1.165, 1.54) is 6.07 Å². The second kappa shape index (κ2) is 6.43. The number of nitrogens with zero attached hydrogens (tertiary/aromatic N) is 3. The minimum atomic E-state index is -0.410. The molecule has 0 saturated carbocycles. The summed E-state index contributed by atoms with van der Waals surface area (Å²) in [5.74, 6) is 5.19. The van der Waals surface area contributed by atoms with Gasteiger partial charge < -0.3 is 0 Å². The number of hydrogen-bond donors (Lipinski definition) is 2. The van der Waals surface area contributed by atoms with Gasteiger partial charge >= 0.3 is 0 Å². The molecule has 2 rings (SSSR count). The fourth-order valence-electron chi connectivity index (χ4n) is 2.12. The standard InChI is InChI=1S/C13H17BrFN5/c1-3-9-12(14)11(20(2)19-9)7-10(18-16)13-8(15)5-4-6-17-13/h4-6,10,18H,3,7,16H2,1-2H3. The summed E-state index contributed by atoms with van der Waals surface area (Å²) in [5, 5.41) is 4.42. The van der Waals surface area contributed by atoms with Crippen LogP contribution < -0.4 is 11.3 Å². The summed E-state index contributed by atoms with van der Waals surface area (Å²) in [6, 6.07) is 2.52. The fourth-order valence-corrected chi connectivity index (χ4v) is 2.90. The van der Waals surface area contributed by atoms with Crippen LogP contribution in [0.2, 0.25) is 0 Å². The van der Waals surface area contributed by atoms with Crippen molar-refractivity contribution in [2.24, 2.45) is 12.9 Å². The van der Waals surface area contributed by atoms with Crippen molar-refractivity contribution in [3.8, 4) is 0 Å². The Kier molecular flexibility index (Phi) is 4.85. The molecule has 0 spiro atoms. The van der Waals surface area contributed by atoms with E-state index in [2.05, 4.69) is 31.4 Å². The Balaban J connectivity index is 2.32. The zero-order valence-electron chi connectivity index (χ0n) is 11.4. The van der Waals surface area contributed by atoms with E-state index in [4.69, 9.17) is 5.84 Å². The molecule has 7 heteroatoms. The van der Waals surface area contributed by atoms with E-state index in [1.807, 2.05) is 14.0 Å². The van der Waals surface area contributed by atoms with Crippen molar-refractivity contribution in [1.82, 2.24) is 20.2 Å². The third-order valence-electron chi connectivity index (χ3n) is 3.22. The van der Waals surface area contributed by atoms with Crippen molar-refractivity contribution in [2.75, 3.05) is 0 Å². The summed E-state index contributed by atoms with van der Waals surface area (Å²) in [4.78, 5) is 4.07. The number of halogens is 2. The van der Waals surface area contributed by atoms with Gasteiger partial charge in [0.25, 0.3) is 0 Å². The predicted molar refractivity (Wildman–Crippen MR) is 78.2 cm³/mol. The van der Waals surface area contributed by atoms with Gasteiger partial charge in [0, 0.05) is 19.7 Å². The first-order valence-electron chi connectivity index (χ1n) is 6.35. The topological polar surface area (TPSA) is 68.8 Å². The van der Waals surface area contributed by atoms with Gasteiger partial charge in [-0.3, -0.25) is 20.9 Å². The van der Waals surface area contributed by atoms with E-state index >= 15 is 0 Å². The lowest BCUT2D eigenvalue weighted by molar-refractivity contribution is 0.482. The quantitative estimate of drug-likeness (QED) is 0.644. The molecular formula is C13H17BrFN5. The van der Waals surface area contributed by atoms with Crippen molar-refractivity contribution in [3.63, 3.8) is 0 Å². The maximum Gasteiger partial charge on any atom is 0.146 e. The number of rotatable bonds is 5. The van der Waals surface area contributed by atoms with Crippen molar-refractivity contribution >= 4 is 15.9 Å². The molecule has 5 nitrogen and oxygen atoms in total. The molecule has 3 N–H and O–H groups in total. The van der Waals surface area contributed by atoms with Crippen LogP contribution in [0, 0.1) is 5.82 Å². The monoisotopic (exact) mass is 341 g/mol. The summed E-state index contributed by atoms with van der Waals surface area (Å²) in [7, 11) is 1.86. The normalized spacial score (nSPS) is 12.7. The van der Waals surface area contributed by atoms with Crippen molar-refractivity contribution < 1.29 is 4.39 Å². The average Bonchev–Trinajstić information content (AvgIpc) is 2.72. The minimum absolute atomic E-state index is 0.307. The van der Waals surface area contributed by atoms with Gasteiger partial charge in [0.05, 0.1) is 27.6 Å². The van der Waals surface area contributed by atoms with Crippen LogP contribution in [0.4, 0.5) is 4.39 Å². The molecule has 2 aromatic heterocycles. The van der Waals surface area contributed by atoms with Crippen LogP contribution in [0.5, 0.6) is 0 Å². The molecule has 0 bridgehead atoms. The first kappa shape index (κ1) is 15.1. The summed E-state index contributed by atoms with van der Waals surface area (Å²) in [5.41, 5.74) is 4.86. The number of aryl methyl sites for hydroxylation is 2. The van der Waals surface area contributed by atoms with E-state index in [0.717, 1.165) is 22.3 Å². The molecule has 0 aromatic carbocycles. The number of nitrogens with one attached hydrogen (secondary N) is 1. The van der Waals surface area contributed by atoms with Gasteiger partial charge in [0.2, 0.25) is 0 Å². The molecule has 1 atom stereocenters. The molecule has 0 aliphatic rings. The van der Waals surface area contributed by atoms with E-state index < -0.39 is 6.04 Å². The third kappa shape index (κ3) is 2.89. The van der Waals surface area contributed by atoms with Crippen molar-refractivity contribution in [2.45, 2.75) is 25.8 Å². The molecule has 0 amide bonds. The third-order valence-corrected chi connectivity index (χ3v) is 4.13. The molecule has 0 saturated heterocycles. The summed E-state index contributed by atoms with van der Waals surface area (Å²) >= 11 is 3.54. The van der Waals surface area contributed by atoms with Gasteiger partial charge in [0.15, 0.2) is 0 Å². The number of aromatic nitrogens is 3. The average molecular weight is 342 g/mol. The van der Waals surface area contributed by atoms with Gasteiger partial charge in [-0.1, -0.05) is 6.92 Å². The van der Waals surface area contributed by atoms with Crippen LogP contribution in [-0.4, -0.2) is 14.8 Å². The summed E-state index contributed by atoms with van der Waals surface area (Å²) in [6.45, 7) is 2.04. The van der Waals surface area contributed by atoms with Crippen molar-refractivity contribution in [1.29, 1.82) is 0 Å². The smallest absolute Gasteiger partial charge is 0.146 e. The lowest BCUT2D eigenvalue weighted by atomic mass is 10.1. The second-order valence-corrected chi connectivity index (χ2v) is 5.27. The van der Waals surface area contributed by atoms with Gasteiger partial charge in [-0.05, 0) is 34.5 Å². The van der Waals surface area contributed by atoms with Gasteiger partial charge in [-0.2, -0.15) is 5.10 Å². The first-order valence-corrected chi connectivity index (χ1v) is 7.14. The highest BCUT2D eigenvalue weighted by Crippen LogP contribution is 2.26. The van der Waals surface area contributed by atoms with E-state index in [0.29, 0.717) is 12.1 Å². The highest BCUT2D eigenvalue weighted by atomic mass is 79.9. The highest BCUT2D eigenvalue weighted by Gasteiger charge is 2.21. The van der Waals surface area contributed by atoms with Gasteiger partial charge in [-0.25, -0.2) is 4.39 Å². The second-order valence-electron chi connectivity index (χ2n) is 4.48. The summed E-state index contributed by atoms with van der Waals surface area (Å²) in [6.07, 6.45) is 2.88. The Hall–Kier alpha value is -1.31. The molecule has 108 valence electrons. The van der Waals surface area contributed by atoms with E-state index in [-0.39, 0.29) is 5.82 Å². The van der Waals surface area contributed by atoms with E-state index in [1.54, 1.807) is 16.9 Å². The molecule has 2 heterocycles. The van der Waals surface area contributed by atoms with Crippen LogP contribution >= 0.6 is 15.9 Å². The SMILES string of the molecule is CCc1nn(C)c(CC(NN)c2ncccc2F)c1Br. The molecule has 2 aromatic rings. The van der Waals surface area contributed by atoms with E-state index in [9.17, 15) is 4.39 Å². The van der Waals surface area contributed by atoms with Gasteiger partial charge in [0.1, 0.15) is 5.82 Å². The highest BCUT2D eigenvalue weighted by molar-refractivity contribution is 9.10. The lowest BCUT2D eigenvalue weighted by Gasteiger charge is -2.16. The van der Waals surface area contributed by atoms with Crippen LogP contribution in [0.25, 0.3) is 0 Å². The number of pyridine rings is 1. The largest absolute Gasteiger partial charge is 0.271 e. The molecule has 0 radical (unpaired) electrons. The zero-order chi connectivity index (χ0) is 14.7. The Bertz CT molecular complexity index is 598. The fraction of sp³-hybridized carbons (Fsp3) is 0.385. The Morgan fingerprint density at radius 3 is 2.85 bits per heavy atom. The van der Waals surface area contributed by atoms with Crippen LogP contribution in [0.1, 0.15) is 30.0 Å². The minimum Gasteiger partial charge on any atom is -0.271 e. The van der Waals surface area contributed by atoms with Gasteiger partial charge in [-0.15, -0.1) is 0 Å². The van der Waals surface area contributed by atoms with Crippen molar-refractivity contribution in [3.05, 3.63) is 45.7 Å². The molecule has 20 heavy (non-hydrogen) atoms. The predicted octanol–water partition coefficient (Wildman–Crippen LogP) is 2.03. The molecule has 0 aliphatic heterocycles. The Morgan fingerprint density at radius 1 is 1.55 bits per heavy atom. The summed E-state index contributed by atoms with van der Waals surface area (Å²) < 4.78 is 16.5. The Morgan fingerprint density at radius 2 is 2.30 bits per heavy atom. The molecule has 1 unspecified atom stereocenters.